The SMILES string of the molecule is CC(C)C1CC1(NS(=O)(=O)c1ccc(-c2ccc(Cl)cc2)s1)C(=O)O. The van der Waals surface area contributed by atoms with Crippen molar-refractivity contribution >= 4 is 38.9 Å². The summed E-state index contributed by atoms with van der Waals surface area (Å²) < 4.78 is 27.9. The lowest BCUT2D eigenvalue weighted by Crippen LogP contribution is -2.45. The topological polar surface area (TPSA) is 83.5 Å². The third kappa shape index (κ3) is 3.46. The van der Waals surface area contributed by atoms with E-state index in [0.717, 1.165) is 21.8 Å². The first kappa shape index (κ1) is 18.4. The van der Waals surface area contributed by atoms with Crippen LogP contribution in [-0.2, 0) is 14.8 Å². The molecule has 2 N–H and O–H groups in total. The minimum atomic E-state index is -3.90. The second-order valence-corrected chi connectivity index (χ2v) is 9.99. The minimum Gasteiger partial charge on any atom is -0.480 e. The fourth-order valence-corrected chi connectivity index (χ4v) is 5.87. The summed E-state index contributed by atoms with van der Waals surface area (Å²) in [6.45, 7) is 3.79. The molecule has 0 spiro atoms. The van der Waals surface area contributed by atoms with Gasteiger partial charge in [0.25, 0.3) is 10.0 Å². The number of nitrogens with one attached hydrogen (secondary N) is 1. The van der Waals surface area contributed by atoms with Crippen LogP contribution in [0.25, 0.3) is 10.4 Å². The molecule has 0 aliphatic heterocycles. The van der Waals surface area contributed by atoms with Gasteiger partial charge < -0.3 is 5.11 Å². The van der Waals surface area contributed by atoms with E-state index in [4.69, 9.17) is 11.6 Å². The third-order valence-corrected chi connectivity index (χ3v) is 7.88. The van der Waals surface area contributed by atoms with Gasteiger partial charge >= 0.3 is 5.97 Å². The Labute approximate surface area is 155 Å². The van der Waals surface area contributed by atoms with Crippen molar-refractivity contribution in [3.8, 4) is 10.4 Å². The number of halogens is 1. The maximum Gasteiger partial charge on any atom is 0.325 e. The molecule has 1 aromatic carbocycles. The molecule has 1 heterocycles. The number of aliphatic carboxylic acids is 1. The molecule has 2 atom stereocenters. The zero-order valence-electron chi connectivity index (χ0n) is 13.7. The third-order valence-electron chi connectivity index (χ3n) is 4.49. The number of hydrogen-bond donors (Lipinski definition) is 2. The van der Waals surface area contributed by atoms with Gasteiger partial charge in [-0.15, -0.1) is 11.3 Å². The lowest BCUT2D eigenvalue weighted by Gasteiger charge is -2.16. The minimum absolute atomic E-state index is 0.0896. The van der Waals surface area contributed by atoms with Crippen molar-refractivity contribution in [1.29, 1.82) is 0 Å². The summed E-state index contributed by atoms with van der Waals surface area (Å²) in [4.78, 5) is 12.4. The molecule has 5 nitrogen and oxygen atoms in total. The van der Waals surface area contributed by atoms with E-state index in [2.05, 4.69) is 4.72 Å². The summed E-state index contributed by atoms with van der Waals surface area (Å²) in [6.07, 6.45) is 0.314. The summed E-state index contributed by atoms with van der Waals surface area (Å²) in [5, 5.41) is 10.1. The van der Waals surface area contributed by atoms with Gasteiger partial charge in [0.2, 0.25) is 0 Å². The van der Waals surface area contributed by atoms with E-state index in [1.807, 2.05) is 26.0 Å². The maximum absolute atomic E-state index is 12.7. The Morgan fingerprint density at radius 1 is 1.28 bits per heavy atom. The van der Waals surface area contributed by atoms with Crippen LogP contribution in [0.1, 0.15) is 20.3 Å². The molecule has 1 aliphatic rings. The second-order valence-electron chi connectivity index (χ2n) is 6.56. The molecular weight excluding hydrogens is 382 g/mol. The number of carboxylic acid groups (broad SMARTS) is 1. The highest BCUT2D eigenvalue weighted by molar-refractivity contribution is 7.91. The largest absolute Gasteiger partial charge is 0.480 e. The normalized spacial score (nSPS) is 23.0. The lowest BCUT2D eigenvalue weighted by molar-refractivity contribution is -0.140. The molecule has 1 fully saturated rings. The van der Waals surface area contributed by atoms with Gasteiger partial charge in [0, 0.05) is 9.90 Å². The number of rotatable bonds is 6. The van der Waals surface area contributed by atoms with Gasteiger partial charge in [0.1, 0.15) is 9.75 Å². The first-order valence-electron chi connectivity index (χ1n) is 7.79. The summed E-state index contributed by atoms with van der Waals surface area (Å²) in [7, 11) is -3.90. The molecule has 2 aromatic rings. The Morgan fingerprint density at radius 3 is 2.44 bits per heavy atom. The summed E-state index contributed by atoms with van der Waals surface area (Å²) in [6, 6.07) is 10.3. The average Bonchev–Trinajstić information content (AvgIpc) is 3.04. The molecule has 0 amide bonds. The van der Waals surface area contributed by atoms with Crippen molar-refractivity contribution < 1.29 is 18.3 Å². The summed E-state index contributed by atoms with van der Waals surface area (Å²) in [5.74, 6) is -1.23. The molecule has 134 valence electrons. The van der Waals surface area contributed by atoms with Crippen molar-refractivity contribution in [2.45, 2.75) is 30.0 Å². The molecule has 3 rings (SSSR count). The molecular formula is C17H18ClNO4S2. The molecule has 0 saturated heterocycles. The van der Waals surface area contributed by atoms with Crippen molar-refractivity contribution in [2.75, 3.05) is 0 Å². The van der Waals surface area contributed by atoms with Gasteiger partial charge in [-0.1, -0.05) is 37.6 Å². The molecule has 2 unspecified atom stereocenters. The van der Waals surface area contributed by atoms with Gasteiger partial charge in [0.15, 0.2) is 0 Å². The standard InChI is InChI=1S/C17H18ClNO4S2/c1-10(2)13-9-17(13,16(20)21)19-25(22,23)15-8-7-14(24-15)11-3-5-12(18)6-4-11/h3-8,10,13,19H,9H2,1-2H3,(H,20,21). The zero-order valence-corrected chi connectivity index (χ0v) is 16.1. The van der Waals surface area contributed by atoms with Crippen LogP contribution in [0.5, 0.6) is 0 Å². The fourth-order valence-electron chi connectivity index (χ4n) is 3.02. The Morgan fingerprint density at radius 2 is 1.92 bits per heavy atom. The van der Waals surface area contributed by atoms with E-state index in [-0.39, 0.29) is 16.0 Å². The number of carbonyl (C=O) groups is 1. The van der Waals surface area contributed by atoms with Crippen LogP contribution in [0.2, 0.25) is 5.02 Å². The second kappa shape index (κ2) is 6.39. The van der Waals surface area contributed by atoms with E-state index in [9.17, 15) is 18.3 Å². The van der Waals surface area contributed by atoms with Gasteiger partial charge in [-0.2, -0.15) is 4.72 Å². The van der Waals surface area contributed by atoms with Crippen LogP contribution >= 0.6 is 22.9 Å². The maximum atomic E-state index is 12.7. The number of sulfonamides is 1. The zero-order chi connectivity index (χ0) is 18.4. The first-order valence-corrected chi connectivity index (χ1v) is 10.5. The van der Waals surface area contributed by atoms with Crippen LogP contribution in [-0.4, -0.2) is 25.0 Å². The molecule has 0 radical (unpaired) electrons. The first-order chi connectivity index (χ1) is 11.7. The van der Waals surface area contributed by atoms with E-state index in [1.54, 1.807) is 18.2 Å². The molecule has 0 bridgehead atoms. The van der Waals surface area contributed by atoms with Crippen molar-refractivity contribution in [2.24, 2.45) is 11.8 Å². The van der Waals surface area contributed by atoms with Crippen LogP contribution in [0.3, 0.4) is 0 Å². The van der Waals surface area contributed by atoms with Gasteiger partial charge in [0.05, 0.1) is 0 Å². The molecule has 1 aromatic heterocycles. The monoisotopic (exact) mass is 399 g/mol. The molecule has 1 saturated carbocycles. The predicted octanol–water partition coefficient (Wildman–Crippen LogP) is 3.85. The molecule has 1 aliphatic carbocycles. The van der Waals surface area contributed by atoms with Crippen molar-refractivity contribution in [1.82, 2.24) is 4.72 Å². The summed E-state index contributed by atoms with van der Waals surface area (Å²) in [5.41, 5.74) is -0.535. The van der Waals surface area contributed by atoms with E-state index >= 15 is 0 Å². The highest BCUT2D eigenvalue weighted by Gasteiger charge is 2.63. The smallest absolute Gasteiger partial charge is 0.325 e. The Kier molecular flexibility index (Phi) is 4.70. The van der Waals surface area contributed by atoms with Gasteiger partial charge in [-0.3, -0.25) is 4.79 Å². The molecule has 8 heteroatoms. The number of thiophene rings is 1. The number of benzene rings is 1. The van der Waals surface area contributed by atoms with Crippen LogP contribution in [0.4, 0.5) is 0 Å². The Bertz CT molecular complexity index is 905. The Balaban J connectivity index is 1.86. The molecule has 25 heavy (non-hydrogen) atoms. The van der Waals surface area contributed by atoms with Gasteiger partial charge in [-0.05, 0) is 48.1 Å². The summed E-state index contributed by atoms with van der Waals surface area (Å²) >= 11 is 6.97. The highest BCUT2D eigenvalue weighted by atomic mass is 35.5. The van der Waals surface area contributed by atoms with E-state index in [0.29, 0.717) is 11.4 Å². The van der Waals surface area contributed by atoms with Crippen molar-refractivity contribution in [3.63, 3.8) is 0 Å². The number of hydrogen-bond acceptors (Lipinski definition) is 4. The van der Waals surface area contributed by atoms with Gasteiger partial charge in [-0.25, -0.2) is 8.42 Å². The highest BCUT2D eigenvalue weighted by Crippen LogP contribution is 2.49. The average molecular weight is 400 g/mol. The van der Waals surface area contributed by atoms with Crippen LogP contribution in [0, 0.1) is 11.8 Å². The number of carboxylic acids is 1. The lowest BCUT2D eigenvalue weighted by atomic mass is 10.0. The van der Waals surface area contributed by atoms with Crippen molar-refractivity contribution in [3.05, 3.63) is 41.4 Å². The van der Waals surface area contributed by atoms with Crippen LogP contribution in [0.15, 0.2) is 40.6 Å². The Hall–Kier alpha value is -1.41. The predicted molar refractivity (Wildman–Crippen MR) is 98.4 cm³/mol. The van der Waals surface area contributed by atoms with E-state index in [1.165, 1.54) is 6.07 Å². The van der Waals surface area contributed by atoms with E-state index < -0.39 is 21.5 Å². The fraction of sp³-hybridized carbons (Fsp3) is 0.353. The quantitative estimate of drug-likeness (QED) is 0.772. The van der Waals surface area contributed by atoms with Crippen LogP contribution < -0.4 is 4.72 Å².